The fourth-order valence-corrected chi connectivity index (χ4v) is 2.65. The molecular weight excluding hydrogens is 182 g/mol. The molecule has 1 aliphatic rings. The lowest BCUT2D eigenvalue weighted by atomic mass is 9.75. The van der Waals surface area contributed by atoms with Gasteiger partial charge in [-0.15, -0.1) is 0 Å². The van der Waals surface area contributed by atoms with Crippen molar-refractivity contribution in [2.45, 2.75) is 38.6 Å². The predicted octanol–water partition coefficient (Wildman–Crippen LogP) is 2.99. The molecule has 1 nitrogen and oxygen atoms in total. The maximum atomic E-state index is 6.04. The van der Waals surface area contributed by atoms with Gasteiger partial charge in [-0.25, -0.2) is 0 Å². The second-order valence-corrected chi connectivity index (χ2v) is 5.00. The van der Waals surface area contributed by atoms with Crippen molar-refractivity contribution in [3.63, 3.8) is 0 Å². The number of benzene rings is 1. The molecule has 1 heteroatoms. The Morgan fingerprint density at radius 1 is 1.20 bits per heavy atom. The molecule has 3 atom stereocenters. The summed E-state index contributed by atoms with van der Waals surface area (Å²) in [7, 11) is 0. The van der Waals surface area contributed by atoms with Crippen LogP contribution in [0.15, 0.2) is 30.3 Å². The van der Waals surface area contributed by atoms with E-state index in [0.29, 0.717) is 6.04 Å². The minimum Gasteiger partial charge on any atom is -0.328 e. The number of hydrogen-bond donors (Lipinski definition) is 1. The molecule has 1 saturated carbocycles. The van der Waals surface area contributed by atoms with Crippen LogP contribution in [-0.2, 0) is 6.42 Å². The van der Waals surface area contributed by atoms with Gasteiger partial charge in [-0.3, -0.25) is 0 Å². The first-order valence-corrected chi connectivity index (χ1v) is 6.05. The smallest absolute Gasteiger partial charge is 0.00417 e. The van der Waals surface area contributed by atoms with E-state index in [1.54, 1.807) is 0 Å². The average molecular weight is 203 g/mol. The van der Waals surface area contributed by atoms with Crippen molar-refractivity contribution in [3.8, 4) is 0 Å². The van der Waals surface area contributed by atoms with Gasteiger partial charge >= 0.3 is 0 Å². The van der Waals surface area contributed by atoms with Gasteiger partial charge < -0.3 is 5.73 Å². The first-order valence-electron chi connectivity index (χ1n) is 6.05. The Labute approximate surface area is 92.7 Å². The molecule has 2 rings (SSSR count). The highest BCUT2D eigenvalue weighted by molar-refractivity contribution is 5.15. The Morgan fingerprint density at radius 2 is 1.93 bits per heavy atom. The molecule has 82 valence electrons. The predicted molar refractivity (Wildman–Crippen MR) is 64.6 cm³/mol. The summed E-state index contributed by atoms with van der Waals surface area (Å²) in [6, 6.07) is 11.2. The second-order valence-electron chi connectivity index (χ2n) is 5.00. The molecule has 0 bridgehead atoms. The standard InChI is InChI=1S/C14H21N/c1-11-7-8-14(15)10-13(11)9-12-5-3-2-4-6-12/h2-6,11,13-14H,7-10,15H2,1H3. The molecule has 3 unspecified atom stereocenters. The molecule has 1 aromatic rings. The summed E-state index contributed by atoms with van der Waals surface area (Å²) in [4.78, 5) is 0. The van der Waals surface area contributed by atoms with E-state index in [4.69, 9.17) is 5.73 Å². The van der Waals surface area contributed by atoms with Crippen LogP contribution < -0.4 is 5.73 Å². The normalized spacial score (nSPS) is 31.5. The van der Waals surface area contributed by atoms with E-state index in [1.807, 2.05) is 0 Å². The zero-order chi connectivity index (χ0) is 10.7. The summed E-state index contributed by atoms with van der Waals surface area (Å²) in [5.74, 6) is 1.63. The lowest BCUT2D eigenvalue weighted by Gasteiger charge is -2.32. The van der Waals surface area contributed by atoms with Gasteiger partial charge in [-0.05, 0) is 43.1 Å². The molecule has 1 aliphatic carbocycles. The van der Waals surface area contributed by atoms with Gasteiger partial charge in [0.1, 0.15) is 0 Å². The fourth-order valence-electron chi connectivity index (χ4n) is 2.65. The molecule has 2 N–H and O–H groups in total. The third kappa shape index (κ3) is 2.82. The number of hydrogen-bond acceptors (Lipinski definition) is 1. The molecule has 0 saturated heterocycles. The Bertz CT molecular complexity index is 293. The largest absolute Gasteiger partial charge is 0.328 e. The van der Waals surface area contributed by atoms with E-state index in [1.165, 1.54) is 31.2 Å². The monoisotopic (exact) mass is 203 g/mol. The van der Waals surface area contributed by atoms with Crippen LogP contribution in [0, 0.1) is 11.8 Å². The Balaban J connectivity index is 1.98. The second kappa shape index (κ2) is 4.80. The van der Waals surface area contributed by atoms with Crippen LogP contribution in [0.4, 0.5) is 0 Å². The van der Waals surface area contributed by atoms with E-state index in [9.17, 15) is 0 Å². The molecule has 0 aromatic heterocycles. The van der Waals surface area contributed by atoms with Crippen LogP contribution in [0.1, 0.15) is 31.7 Å². The average Bonchev–Trinajstić information content (AvgIpc) is 2.25. The van der Waals surface area contributed by atoms with Crippen LogP contribution >= 0.6 is 0 Å². The summed E-state index contributed by atoms with van der Waals surface area (Å²) >= 11 is 0. The quantitative estimate of drug-likeness (QED) is 0.785. The first kappa shape index (κ1) is 10.7. The lowest BCUT2D eigenvalue weighted by molar-refractivity contribution is 0.231. The molecular formula is C14H21N. The Kier molecular flexibility index (Phi) is 3.42. The highest BCUT2D eigenvalue weighted by Gasteiger charge is 2.25. The summed E-state index contributed by atoms with van der Waals surface area (Å²) in [5.41, 5.74) is 7.50. The van der Waals surface area contributed by atoms with Gasteiger partial charge in [0.05, 0.1) is 0 Å². The van der Waals surface area contributed by atoms with E-state index in [0.717, 1.165) is 11.8 Å². The van der Waals surface area contributed by atoms with Gasteiger partial charge in [0.15, 0.2) is 0 Å². The minimum absolute atomic E-state index is 0.440. The summed E-state index contributed by atoms with van der Waals surface area (Å²) in [6.45, 7) is 2.37. The van der Waals surface area contributed by atoms with Gasteiger partial charge in [0.2, 0.25) is 0 Å². The van der Waals surface area contributed by atoms with Crippen LogP contribution in [0.25, 0.3) is 0 Å². The van der Waals surface area contributed by atoms with Crippen molar-refractivity contribution in [3.05, 3.63) is 35.9 Å². The van der Waals surface area contributed by atoms with Crippen LogP contribution in [0.3, 0.4) is 0 Å². The first-order chi connectivity index (χ1) is 7.25. The van der Waals surface area contributed by atoms with Crippen molar-refractivity contribution in [2.24, 2.45) is 17.6 Å². The summed E-state index contributed by atoms with van der Waals surface area (Å²) < 4.78 is 0. The lowest BCUT2D eigenvalue weighted by Crippen LogP contribution is -2.33. The number of rotatable bonds is 2. The zero-order valence-electron chi connectivity index (χ0n) is 9.52. The Hall–Kier alpha value is -0.820. The molecule has 1 aromatic carbocycles. The van der Waals surface area contributed by atoms with Crippen molar-refractivity contribution in [1.82, 2.24) is 0 Å². The molecule has 0 spiro atoms. The Morgan fingerprint density at radius 3 is 2.67 bits per heavy atom. The van der Waals surface area contributed by atoms with Crippen molar-refractivity contribution >= 4 is 0 Å². The zero-order valence-corrected chi connectivity index (χ0v) is 9.52. The molecule has 0 radical (unpaired) electrons. The van der Waals surface area contributed by atoms with Gasteiger partial charge in [-0.2, -0.15) is 0 Å². The van der Waals surface area contributed by atoms with Crippen LogP contribution in [0.5, 0.6) is 0 Å². The van der Waals surface area contributed by atoms with Crippen molar-refractivity contribution in [2.75, 3.05) is 0 Å². The summed E-state index contributed by atoms with van der Waals surface area (Å²) in [6.07, 6.45) is 4.93. The number of nitrogens with two attached hydrogens (primary N) is 1. The van der Waals surface area contributed by atoms with Crippen molar-refractivity contribution in [1.29, 1.82) is 0 Å². The SMILES string of the molecule is CC1CCC(N)CC1Cc1ccccc1. The van der Waals surface area contributed by atoms with E-state index in [-0.39, 0.29) is 0 Å². The minimum atomic E-state index is 0.440. The maximum Gasteiger partial charge on any atom is 0.00417 e. The van der Waals surface area contributed by atoms with E-state index >= 15 is 0 Å². The van der Waals surface area contributed by atoms with Crippen LogP contribution in [0.2, 0.25) is 0 Å². The third-order valence-corrected chi connectivity index (χ3v) is 3.74. The molecule has 15 heavy (non-hydrogen) atoms. The van der Waals surface area contributed by atoms with Gasteiger partial charge in [0.25, 0.3) is 0 Å². The van der Waals surface area contributed by atoms with E-state index in [2.05, 4.69) is 37.3 Å². The van der Waals surface area contributed by atoms with Gasteiger partial charge in [-0.1, -0.05) is 37.3 Å². The molecule has 0 heterocycles. The van der Waals surface area contributed by atoms with Gasteiger partial charge in [0, 0.05) is 6.04 Å². The fraction of sp³-hybridized carbons (Fsp3) is 0.571. The van der Waals surface area contributed by atoms with E-state index < -0.39 is 0 Å². The third-order valence-electron chi connectivity index (χ3n) is 3.74. The maximum absolute atomic E-state index is 6.04. The molecule has 0 aliphatic heterocycles. The summed E-state index contributed by atoms with van der Waals surface area (Å²) in [5, 5.41) is 0. The highest BCUT2D eigenvalue weighted by atomic mass is 14.6. The van der Waals surface area contributed by atoms with Crippen LogP contribution in [-0.4, -0.2) is 6.04 Å². The molecule has 0 amide bonds. The molecule has 1 fully saturated rings. The van der Waals surface area contributed by atoms with Crippen molar-refractivity contribution < 1.29 is 0 Å². The topological polar surface area (TPSA) is 26.0 Å². The highest BCUT2D eigenvalue weighted by Crippen LogP contribution is 2.31.